The van der Waals surface area contributed by atoms with E-state index >= 15 is 0 Å². The van der Waals surface area contributed by atoms with E-state index in [0.717, 1.165) is 0 Å². The van der Waals surface area contributed by atoms with Gasteiger partial charge in [0.1, 0.15) is 18.0 Å². The molecule has 6 nitrogen and oxygen atoms in total. The fraction of sp³-hybridized carbons (Fsp3) is 0.0833. The molecule has 0 aliphatic carbocycles. The summed E-state index contributed by atoms with van der Waals surface area (Å²) < 4.78 is 26.0. The Morgan fingerprint density at radius 2 is 1.78 bits per heavy atom. The Balaban J connectivity index is 1.70. The molecule has 0 aromatic heterocycles. The Morgan fingerprint density at radius 1 is 1.06 bits per heavy atom. The molecular weight excluding hydrogens is 479 g/mol. The van der Waals surface area contributed by atoms with Gasteiger partial charge in [0.25, 0.3) is 11.8 Å². The molecule has 0 spiro atoms. The fourth-order valence-corrected chi connectivity index (χ4v) is 3.69. The lowest BCUT2D eigenvalue weighted by Gasteiger charge is -2.15. The third kappa shape index (κ3) is 4.36. The molecule has 2 amide bonds. The number of ether oxygens (including phenoxy) is 2. The Bertz CT molecular complexity index is 1210. The monoisotopic (exact) mass is 496 g/mol. The molecule has 162 valence electrons. The summed E-state index contributed by atoms with van der Waals surface area (Å²) in [6.07, 6.45) is 1.44. The standard InChI is InChI=1S/C24H18BrFN2O4/c1-31-21-13-17(25)11-16(22(21)32-14-15-7-5-6-10-20(15)26)12-19-23(29)27-28(24(19)30)18-8-3-2-4-9-18/h2-13H,14H2,1H3,(H,27,29)/b19-12+. The van der Waals surface area contributed by atoms with E-state index in [0.29, 0.717) is 27.0 Å². The molecule has 0 bridgehead atoms. The summed E-state index contributed by atoms with van der Waals surface area (Å²) in [5, 5.41) is 1.18. The van der Waals surface area contributed by atoms with E-state index in [1.807, 2.05) is 6.07 Å². The lowest BCUT2D eigenvalue weighted by molar-refractivity contribution is -0.117. The number of nitrogens with one attached hydrogen (secondary N) is 1. The number of hydrogen-bond acceptors (Lipinski definition) is 4. The van der Waals surface area contributed by atoms with Gasteiger partial charge in [-0.3, -0.25) is 15.0 Å². The molecule has 0 unspecified atom stereocenters. The fourth-order valence-electron chi connectivity index (χ4n) is 3.24. The van der Waals surface area contributed by atoms with Gasteiger partial charge in [-0.2, -0.15) is 0 Å². The third-order valence-electron chi connectivity index (χ3n) is 4.80. The first-order chi connectivity index (χ1) is 15.5. The number of anilines is 1. The minimum Gasteiger partial charge on any atom is -0.493 e. The summed E-state index contributed by atoms with van der Waals surface area (Å²) in [5.41, 5.74) is 3.83. The van der Waals surface area contributed by atoms with Crippen molar-refractivity contribution in [2.75, 3.05) is 12.1 Å². The topological polar surface area (TPSA) is 67.9 Å². The van der Waals surface area contributed by atoms with Crippen LogP contribution in [-0.2, 0) is 16.2 Å². The highest BCUT2D eigenvalue weighted by atomic mass is 79.9. The Hall–Kier alpha value is -3.65. The Kier molecular flexibility index (Phi) is 6.23. The number of para-hydroxylation sites is 1. The van der Waals surface area contributed by atoms with Crippen LogP contribution < -0.4 is 19.9 Å². The molecule has 8 heteroatoms. The van der Waals surface area contributed by atoms with Crippen molar-refractivity contribution in [3.63, 3.8) is 0 Å². The number of rotatable bonds is 6. The zero-order chi connectivity index (χ0) is 22.7. The molecule has 0 radical (unpaired) electrons. The van der Waals surface area contributed by atoms with Crippen molar-refractivity contribution in [2.45, 2.75) is 6.61 Å². The number of methoxy groups -OCH3 is 1. The number of benzene rings is 3. The SMILES string of the molecule is COc1cc(Br)cc(/C=C2\C(=O)NN(c3ccccc3)C2=O)c1OCc1ccccc1F. The Morgan fingerprint density at radius 3 is 2.50 bits per heavy atom. The van der Waals surface area contributed by atoms with Gasteiger partial charge in [-0.05, 0) is 36.4 Å². The molecule has 1 fully saturated rings. The van der Waals surface area contributed by atoms with Crippen LogP contribution in [0.3, 0.4) is 0 Å². The lowest BCUT2D eigenvalue weighted by Crippen LogP contribution is -2.35. The Labute approximate surface area is 192 Å². The van der Waals surface area contributed by atoms with Gasteiger partial charge < -0.3 is 9.47 Å². The molecule has 1 aliphatic rings. The first-order valence-electron chi connectivity index (χ1n) is 9.64. The highest BCUT2D eigenvalue weighted by molar-refractivity contribution is 9.10. The van der Waals surface area contributed by atoms with Crippen LogP contribution in [0, 0.1) is 5.82 Å². The van der Waals surface area contributed by atoms with Gasteiger partial charge in [0.05, 0.1) is 12.8 Å². The van der Waals surface area contributed by atoms with E-state index in [2.05, 4.69) is 21.4 Å². The average Bonchev–Trinajstić information content (AvgIpc) is 3.08. The van der Waals surface area contributed by atoms with Crippen LogP contribution in [-0.4, -0.2) is 18.9 Å². The van der Waals surface area contributed by atoms with E-state index in [4.69, 9.17) is 9.47 Å². The van der Waals surface area contributed by atoms with Crippen LogP contribution in [0.15, 0.2) is 76.8 Å². The molecule has 3 aromatic carbocycles. The van der Waals surface area contributed by atoms with Crippen molar-refractivity contribution in [1.29, 1.82) is 0 Å². The molecule has 4 rings (SSSR count). The average molecular weight is 497 g/mol. The minimum atomic E-state index is -0.544. The summed E-state index contributed by atoms with van der Waals surface area (Å²) in [4.78, 5) is 25.5. The van der Waals surface area contributed by atoms with E-state index in [9.17, 15) is 14.0 Å². The first-order valence-corrected chi connectivity index (χ1v) is 10.4. The van der Waals surface area contributed by atoms with Crippen LogP contribution >= 0.6 is 15.9 Å². The quantitative estimate of drug-likeness (QED) is 0.398. The number of halogens is 2. The molecule has 1 aliphatic heterocycles. The van der Waals surface area contributed by atoms with Gasteiger partial charge in [-0.15, -0.1) is 0 Å². The zero-order valence-corrected chi connectivity index (χ0v) is 18.6. The number of hydrazine groups is 1. The molecule has 1 heterocycles. The summed E-state index contributed by atoms with van der Waals surface area (Å²) in [5.74, 6) is -0.788. The van der Waals surface area contributed by atoms with Crippen LogP contribution in [0.1, 0.15) is 11.1 Å². The highest BCUT2D eigenvalue weighted by Gasteiger charge is 2.34. The molecule has 0 atom stereocenters. The molecular formula is C24H18BrFN2O4. The maximum absolute atomic E-state index is 14.0. The number of carbonyl (C=O) groups excluding carboxylic acids is 2. The summed E-state index contributed by atoms with van der Waals surface area (Å²) in [6.45, 7) is -0.0584. The molecule has 32 heavy (non-hydrogen) atoms. The molecule has 0 saturated carbocycles. The molecule has 1 N–H and O–H groups in total. The van der Waals surface area contributed by atoms with Crippen LogP contribution in [0.25, 0.3) is 6.08 Å². The minimum absolute atomic E-state index is 0.0584. The second-order valence-corrected chi connectivity index (χ2v) is 7.80. The molecule has 1 saturated heterocycles. The second-order valence-electron chi connectivity index (χ2n) is 6.88. The van der Waals surface area contributed by atoms with Gasteiger partial charge in [0.2, 0.25) is 0 Å². The number of amides is 2. The van der Waals surface area contributed by atoms with Gasteiger partial charge in [-0.25, -0.2) is 9.40 Å². The largest absolute Gasteiger partial charge is 0.493 e. The second kappa shape index (κ2) is 9.23. The van der Waals surface area contributed by atoms with Crippen molar-refractivity contribution in [2.24, 2.45) is 0 Å². The maximum Gasteiger partial charge on any atom is 0.282 e. The first kappa shape index (κ1) is 21.6. The van der Waals surface area contributed by atoms with Gasteiger partial charge >= 0.3 is 0 Å². The van der Waals surface area contributed by atoms with Crippen molar-refractivity contribution in [1.82, 2.24) is 5.43 Å². The maximum atomic E-state index is 14.0. The smallest absolute Gasteiger partial charge is 0.282 e. The lowest BCUT2D eigenvalue weighted by atomic mass is 10.1. The third-order valence-corrected chi connectivity index (χ3v) is 5.26. The summed E-state index contributed by atoms with van der Waals surface area (Å²) in [7, 11) is 1.47. The van der Waals surface area contributed by atoms with Crippen LogP contribution in [0.5, 0.6) is 11.5 Å². The van der Waals surface area contributed by atoms with E-state index in [1.54, 1.807) is 54.6 Å². The van der Waals surface area contributed by atoms with Gasteiger partial charge in [0, 0.05) is 15.6 Å². The van der Waals surface area contributed by atoms with Gasteiger partial charge in [-0.1, -0.05) is 52.3 Å². The van der Waals surface area contributed by atoms with E-state index < -0.39 is 17.6 Å². The normalized spacial score (nSPS) is 14.6. The summed E-state index contributed by atoms with van der Waals surface area (Å²) in [6, 6.07) is 18.4. The number of nitrogens with zero attached hydrogens (tertiary/aromatic N) is 1. The highest BCUT2D eigenvalue weighted by Crippen LogP contribution is 2.37. The summed E-state index contributed by atoms with van der Waals surface area (Å²) >= 11 is 3.40. The zero-order valence-electron chi connectivity index (χ0n) is 17.0. The number of hydrogen-bond donors (Lipinski definition) is 1. The van der Waals surface area contributed by atoms with Crippen molar-refractivity contribution in [3.8, 4) is 11.5 Å². The van der Waals surface area contributed by atoms with Crippen molar-refractivity contribution >= 4 is 39.5 Å². The van der Waals surface area contributed by atoms with Gasteiger partial charge in [0.15, 0.2) is 11.5 Å². The van der Waals surface area contributed by atoms with Crippen molar-refractivity contribution in [3.05, 3.63) is 93.7 Å². The van der Waals surface area contributed by atoms with E-state index in [-0.39, 0.29) is 17.9 Å². The molecule has 3 aromatic rings. The predicted molar refractivity (Wildman–Crippen MR) is 121 cm³/mol. The van der Waals surface area contributed by atoms with E-state index in [1.165, 1.54) is 24.3 Å². The van der Waals surface area contributed by atoms with Crippen LogP contribution in [0.4, 0.5) is 10.1 Å². The van der Waals surface area contributed by atoms with Crippen LogP contribution in [0.2, 0.25) is 0 Å². The number of carbonyl (C=O) groups is 2. The predicted octanol–water partition coefficient (Wildman–Crippen LogP) is 4.64. The van der Waals surface area contributed by atoms with Crippen molar-refractivity contribution < 1.29 is 23.5 Å².